The lowest BCUT2D eigenvalue weighted by Crippen LogP contribution is -2.44. The molecular weight excluding hydrogens is 360 g/mol. The zero-order valence-corrected chi connectivity index (χ0v) is 18.5. The second kappa shape index (κ2) is 7.25. The third-order valence-electron chi connectivity index (χ3n) is 8.48. The summed E-state index contributed by atoms with van der Waals surface area (Å²) in [4.78, 5) is 24.5. The van der Waals surface area contributed by atoms with Gasteiger partial charge in [0.25, 0.3) is 0 Å². The molecule has 3 nitrogen and oxygen atoms in total. The van der Waals surface area contributed by atoms with E-state index >= 15 is 0 Å². The van der Waals surface area contributed by atoms with Crippen molar-refractivity contribution in [1.29, 1.82) is 0 Å². The van der Waals surface area contributed by atoms with E-state index in [1.165, 1.54) is 17.5 Å². The van der Waals surface area contributed by atoms with Gasteiger partial charge in [0.15, 0.2) is 0 Å². The average Bonchev–Trinajstić information content (AvgIpc) is 3.02. The molecule has 1 aromatic carbocycles. The highest BCUT2D eigenvalue weighted by Crippen LogP contribution is 2.63. The SMILES string of the molecule is CC(C)(C)CCC(=O)[C@H]1CC[C@H]2[C@@H]3CCc4cc(C(=O)O)ccc4[C@H]3CC[C@]12C. The number of Topliss-reactive ketones (excluding diaryl/α,β-unsaturated/α-hetero) is 1. The Morgan fingerprint density at radius 1 is 1.14 bits per heavy atom. The molecule has 3 heteroatoms. The number of aromatic carboxylic acids is 1. The van der Waals surface area contributed by atoms with Crippen LogP contribution >= 0.6 is 0 Å². The van der Waals surface area contributed by atoms with Crippen LogP contribution in [0.25, 0.3) is 0 Å². The van der Waals surface area contributed by atoms with Crippen molar-refractivity contribution in [2.75, 3.05) is 0 Å². The van der Waals surface area contributed by atoms with Gasteiger partial charge in [-0.15, -0.1) is 0 Å². The van der Waals surface area contributed by atoms with Gasteiger partial charge in [-0.1, -0.05) is 33.8 Å². The van der Waals surface area contributed by atoms with Crippen LogP contribution in [-0.4, -0.2) is 16.9 Å². The summed E-state index contributed by atoms with van der Waals surface area (Å²) in [5, 5.41) is 9.32. The second-order valence-corrected chi connectivity index (χ2v) is 11.3. The first-order valence-corrected chi connectivity index (χ1v) is 11.5. The number of fused-ring (bicyclic) bond motifs is 5. The standard InChI is InChI=1S/C26H36O3/c1-25(2,3)13-12-23(27)22-10-9-21-20-8-5-16-15-17(24(28)29)6-7-18(16)19(20)11-14-26(21,22)4/h6-7,15,19-22H,5,8-14H2,1-4H3,(H,28,29)/t19-,20-,21+,22-,26+/m1/s1. The summed E-state index contributed by atoms with van der Waals surface area (Å²) >= 11 is 0. The number of rotatable bonds is 4. The first kappa shape index (κ1) is 20.6. The number of benzene rings is 1. The number of hydrogen-bond donors (Lipinski definition) is 1. The van der Waals surface area contributed by atoms with Gasteiger partial charge in [0.05, 0.1) is 5.56 Å². The van der Waals surface area contributed by atoms with Crippen molar-refractivity contribution in [3.05, 3.63) is 34.9 Å². The van der Waals surface area contributed by atoms with Crippen LogP contribution in [0, 0.1) is 28.6 Å². The third-order valence-corrected chi connectivity index (χ3v) is 8.48. The Hall–Kier alpha value is -1.64. The maximum Gasteiger partial charge on any atom is 0.335 e. The summed E-state index contributed by atoms with van der Waals surface area (Å²) in [6.07, 6.45) is 8.35. The molecule has 1 N–H and O–H groups in total. The Balaban J connectivity index is 1.53. The first-order valence-electron chi connectivity index (χ1n) is 11.5. The van der Waals surface area contributed by atoms with Gasteiger partial charge < -0.3 is 5.11 Å². The fraction of sp³-hybridized carbons (Fsp3) is 0.692. The van der Waals surface area contributed by atoms with Crippen LogP contribution < -0.4 is 0 Å². The number of aryl methyl sites for hydroxylation is 1. The molecule has 0 amide bonds. The molecule has 0 saturated heterocycles. The van der Waals surface area contributed by atoms with Crippen LogP contribution in [0.1, 0.15) is 100 Å². The van der Waals surface area contributed by atoms with E-state index in [0.717, 1.165) is 44.9 Å². The van der Waals surface area contributed by atoms with Crippen molar-refractivity contribution in [2.24, 2.45) is 28.6 Å². The Bertz CT molecular complexity index is 818. The van der Waals surface area contributed by atoms with Crippen LogP contribution in [0.3, 0.4) is 0 Å². The molecule has 5 atom stereocenters. The number of carbonyl (C=O) groups is 2. The molecule has 3 aliphatic carbocycles. The molecule has 1 aromatic rings. The van der Waals surface area contributed by atoms with E-state index in [2.05, 4.69) is 33.8 Å². The predicted octanol–water partition coefficient (Wildman–Crippen LogP) is 6.25. The van der Waals surface area contributed by atoms with Gasteiger partial charge >= 0.3 is 5.97 Å². The summed E-state index contributed by atoms with van der Waals surface area (Å²) in [5.41, 5.74) is 3.41. The van der Waals surface area contributed by atoms with E-state index in [4.69, 9.17) is 0 Å². The number of hydrogen-bond acceptors (Lipinski definition) is 2. The summed E-state index contributed by atoms with van der Waals surface area (Å²) in [7, 11) is 0. The largest absolute Gasteiger partial charge is 0.478 e. The highest BCUT2D eigenvalue weighted by Gasteiger charge is 2.56. The highest BCUT2D eigenvalue weighted by atomic mass is 16.4. The normalized spacial score (nSPS) is 33.5. The lowest BCUT2D eigenvalue weighted by molar-refractivity contribution is -0.128. The van der Waals surface area contributed by atoms with Crippen molar-refractivity contribution in [2.45, 2.75) is 85.0 Å². The van der Waals surface area contributed by atoms with Crippen LogP contribution in [-0.2, 0) is 11.2 Å². The van der Waals surface area contributed by atoms with E-state index in [9.17, 15) is 14.7 Å². The van der Waals surface area contributed by atoms with Gasteiger partial charge in [-0.3, -0.25) is 4.79 Å². The van der Waals surface area contributed by atoms with Crippen molar-refractivity contribution in [3.8, 4) is 0 Å². The molecular formula is C26H36O3. The molecule has 29 heavy (non-hydrogen) atoms. The Morgan fingerprint density at radius 3 is 2.59 bits per heavy atom. The second-order valence-electron chi connectivity index (χ2n) is 11.3. The molecule has 2 fully saturated rings. The van der Waals surface area contributed by atoms with Gasteiger partial charge in [-0.05, 0) is 96.8 Å². The number of ketones is 1. The molecule has 3 aliphatic rings. The fourth-order valence-electron chi connectivity index (χ4n) is 6.92. The molecule has 2 saturated carbocycles. The monoisotopic (exact) mass is 396 g/mol. The molecule has 4 rings (SSSR count). The lowest BCUT2D eigenvalue weighted by atomic mass is 9.53. The quantitative estimate of drug-likeness (QED) is 0.654. The zero-order chi connectivity index (χ0) is 21.0. The molecule has 0 radical (unpaired) electrons. The number of carbonyl (C=O) groups excluding carboxylic acids is 1. The molecule has 0 bridgehead atoms. The molecule has 0 spiro atoms. The van der Waals surface area contributed by atoms with Gasteiger partial charge in [-0.2, -0.15) is 0 Å². The number of carboxylic acids is 1. The molecule has 0 unspecified atom stereocenters. The minimum absolute atomic E-state index is 0.161. The van der Waals surface area contributed by atoms with Gasteiger partial charge in [0, 0.05) is 12.3 Å². The first-order chi connectivity index (χ1) is 13.6. The van der Waals surface area contributed by atoms with Crippen molar-refractivity contribution in [3.63, 3.8) is 0 Å². The Labute approximate surface area is 175 Å². The van der Waals surface area contributed by atoms with Crippen molar-refractivity contribution >= 4 is 11.8 Å². The van der Waals surface area contributed by atoms with E-state index in [0.29, 0.717) is 29.1 Å². The topological polar surface area (TPSA) is 54.4 Å². The van der Waals surface area contributed by atoms with E-state index < -0.39 is 5.97 Å². The fourth-order valence-corrected chi connectivity index (χ4v) is 6.92. The van der Waals surface area contributed by atoms with Crippen molar-refractivity contribution < 1.29 is 14.7 Å². The summed E-state index contributed by atoms with van der Waals surface area (Å²) in [6.45, 7) is 9.07. The minimum Gasteiger partial charge on any atom is -0.478 e. The van der Waals surface area contributed by atoms with Crippen LogP contribution in [0.4, 0.5) is 0 Å². The van der Waals surface area contributed by atoms with Crippen molar-refractivity contribution in [1.82, 2.24) is 0 Å². The van der Waals surface area contributed by atoms with E-state index in [-0.39, 0.29) is 16.7 Å². The summed E-state index contributed by atoms with van der Waals surface area (Å²) < 4.78 is 0. The molecule has 0 aromatic heterocycles. The maximum atomic E-state index is 13.2. The van der Waals surface area contributed by atoms with Crippen LogP contribution in [0.2, 0.25) is 0 Å². The predicted molar refractivity (Wildman–Crippen MR) is 115 cm³/mol. The highest BCUT2D eigenvalue weighted by molar-refractivity contribution is 5.88. The third kappa shape index (κ3) is 3.66. The van der Waals surface area contributed by atoms with Gasteiger partial charge in [0.1, 0.15) is 5.78 Å². The lowest BCUT2D eigenvalue weighted by Gasteiger charge is -2.50. The Kier molecular flexibility index (Phi) is 5.16. The molecule has 0 aliphatic heterocycles. The maximum absolute atomic E-state index is 13.2. The van der Waals surface area contributed by atoms with Gasteiger partial charge in [-0.25, -0.2) is 4.79 Å². The molecule has 0 heterocycles. The van der Waals surface area contributed by atoms with E-state index in [1.807, 2.05) is 6.07 Å². The number of carboxylic acid groups (broad SMARTS) is 1. The molecule has 158 valence electrons. The zero-order valence-electron chi connectivity index (χ0n) is 18.5. The summed E-state index contributed by atoms with van der Waals surface area (Å²) in [6, 6.07) is 5.76. The summed E-state index contributed by atoms with van der Waals surface area (Å²) in [5.74, 6) is 1.74. The average molecular weight is 397 g/mol. The minimum atomic E-state index is -0.835. The Morgan fingerprint density at radius 2 is 1.90 bits per heavy atom. The van der Waals surface area contributed by atoms with Gasteiger partial charge in [0.2, 0.25) is 0 Å². The smallest absolute Gasteiger partial charge is 0.335 e. The van der Waals surface area contributed by atoms with Crippen LogP contribution in [0.5, 0.6) is 0 Å². The van der Waals surface area contributed by atoms with E-state index in [1.54, 1.807) is 6.07 Å². The van der Waals surface area contributed by atoms with Crippen LogP contribution in [0.15, 0.2) is 18.2 Å².